The molecule has 0 aromatic heterocycles. The topological polar surface area (TPSA) is 44.4 Å². The van der Waals surface area contributed by atoms with Crippen molar-refractivity contribution in [2.24, 2.45) is 0 Å². The number of nitrogens with one attached hydrogen (secondary N) is 2. The van der Waals surface area contributed by atoms with Gasteiger partial charge >= 0.3 is 0 Å². The summed E-state index contributed by atoms with van der Waals surface area (Å²) in [6, 6.07) is 29.9. The fourth-order valence-corrected chi connectivity index (χ4v) is 4.41. The number of rotatable bonds is 8. The molecule has 1 aliphatic heterocycles. The molecule has 4 rings (SSSR count). The predicted molar refractivity (Wildman–Crippen MR) is 131 cm³/mol. The summed E-state index contributed by atoms with van der Waals surface area (Å²) < 4.78 is 0. The van der Waals surface area contributed by atoms with Crippen molar-refractivity contribution in [3.05, 3.63) is 96.1 Å². The third-order valence-corrected chi connectivity index (χ3v) is 6.02. The van der Waals surface area contributed by atoms with Crippen LogP contribution in [0.3, 0.4) is 0 Å². The van der Waals surface area contributed by atoms with E-state index in [1.165, 1.54) is 22.3 Å². The highest BCUT2D eigenvalue weighted by Crippen LogP contribution is 2.23. The van der Waals surface area contributed by atoms with Crippen LogP contribution in [0.1, 0.15) is 31.4 Å². The Kier molecular flexibility index (Phi) is 7.35. The Morgan fingerprint density at radius 3 is 2.16 bits per heavy atom. The van der Waals surface area contributed by atoms with Crippen LogP contribution >= 0.6 is 0 Å². The molecule has 2 N–H and O–H groups in total. The lowest BCUT2D eigenvalue weighted by molar-refractivity contribution is -0.126. The largest absolute Gasteiger partial charge is 0.353 e. The Balaban J connectivity index is 1.38. The van der Waals surface area contributed by atoms with Gasteiger partial charge < -0.3 is 10.6 Å². The average Bonchev–Trinajstić information content (AvgIpc) is 3.22. The normalized spacial score (nSPS) is 18.7. The molecule has 3 aromatic carbocycles. The molecule has 4 nitrogen and oxygen atoms in total. The van der Waals surface area contributed by atoms with Crippen molar-refractivity contribution in [2.45, 2.75) is 51.5 Å². The summed E-state index contributed by atoms with van der Waals surface area (Å²) in [5.41, 5.74) is 4.97. The molecule has 1 amide bonds. The Morgan fingerprint density at radius 1 is 0.875 bits per heavy atom. The van der Waals surface area contributed by atoms with Crippen LogP contribution in [0.4, 0.5) is 0 Å². The molecular formula is C28H33N3O. The van der Waals surface area contributed by atoms with Crippen LogP contribution in [0, 0.1) is 0 Å². The number of likely N-dealkylation sites (tertiary alicyclic amines) is 1. The SMILES string of the molecule is CC(C)NC(=O)[C@@H]1C[C@@H](NCc2ccc(-c3ccccc3)cc2)CN1Cc1ccccc1. The minimum atomic E-state index is -0.101. The van der Waals surface area contributed by atoms with Gasteiger partial charge in [0.25, 0.3) is 0 Å². The van der Waals surface area contributed by atoms with E-state index in [1.807, 2.05) is 26.0 Å². The summed E-state index contributed by atoms with van der Waals surface area (Å²) in [5.74, 6) is 0.132. The molecule has 32 heavy (non-hydrogen) atoms. The second-order valence-corrected chi connectivity index (χ2v) is 8.97. The number of hydrogen-bond donors (Lipinski definition) is 2. The van der Waals surface area contributed by atoms with E-state index >= 15 is 0 Å². The Morgan fingerprint density at radius 2 is 1.50 bits per heavy atom. The lowest BCUT2D eigenvalue weighted by Gasteiger charge is -2.24. The molecule has 1 fully saturated rings. The molecule has 0 radical (unpaired) electrons. The first-order valence-electron chi connectivity index (χ1n) is 11.5. The van der Waals surface area contributed by atoms with Gasteiger partial charge in [0.2, 0.25) is 5.91 Å². The molecule has 0 unspecified atom stereocenters. The van der Waals surface area contributed by atoms with E-state index in [0.717, 1.165) is 26.1 Å². The molecule has 1 aliphatic rings. The average molecular weight is 428 g/mol. The van der Waals surface area contributed by atoms with Crippen molar-refractivity contribution in [1.29, 1.82) is 0 Å². The van der Waals surface area contributed by atoms with Gasteiger partial charge in [0.15, 0.2) is 0 Å². The van der Waals surface area contributed by atoms with Crippen LogP contribution < -0.4 is 10.6 Å². The maximum atomic E-state index is 12.9. The maximum absolute atomic E-state index is 12.9. The summed E-state index contributed by atoms with van der Waals surface area (Å²) in [5, 5.41) is 6.80. The highest BCUT2D eigenvalue weighted by Gasteiger charge is 2.36. The molecule has 1 saturated heterocycles. The van der Waals surface area contributed by atoms with Crippen molar-refractivity contribution in [1.82, 2.24) is 15.5 Å². The van der Waals surface area contributed by atoms with Crippen molar-refractivity contribution in [3.63, 3.8) is 0 Å². The molecule has 0 spiro atoms. The molecular weight excluding hydrogens is 394 g/mol. The van der Waals surface area contributed by atoms with Gasteiger partial charge in [0.1, 0.15) is 0 Å². The number of carbonyl (C=O) groups is 1. The van der Waals surface area contributed by atoms with Gasteiger partial charge in [-0.05, 0) is 42.5 Å². The molecule has 3 aromatic rings. The van der Waals surface area contributed by atoms with E-state index in [4.69, 9.17) is 0 Å². The number of carbonyl (C=O) groups excluding carboxylic acids is 1. The van der Waals surface area contributed by atoms with E-state index in [-0.39, 0.29) is 24.0 Å². The second-order valence-electron chi connectivity index (χ2n) is 8.97. The van der Waals surface area contributed by atoms with Gasteiger partial charge in [0, 0.05) is 31.7 Å². The molecule has 2 atom stereocenters. The number of benzene rings is 3. The van der Waals surface area contributed by atoms with Crippen LogP contribution in [0.2, 0.25) is 0 Å². The Hall–Kier alpha value is -2.95. The highest BCUT2D eigenvalue weighted by molar-refractivity contribution is 5.82. The van der Waals surface area contributed by atoms with Crippen LogP contribution in [0.25, 0.3) is 11.1 Å². The quantitative estimate of drug-likeness (QED) is 0.552. The minimum Gasteiger partial charge on any atom is -0.353 e. The first kappa shape index (κ1) is 22.3. The van der Waals surface area contributed by atoms with Crippen molar-refractivity contribution < 1.29 is 4.79 Å². The smallest absolute Gasteiger partial charge is 0.237 e. The van der Waals surface area contributed by atoms with E-state index < -0.39 is 0 Å². The summed E-state index contributed by atoms with van der Waals surface area (Å²) >= 11 is 0. The molecule has 0 aliphatic carbocycles. The maximum Gasteiger partial charge on any atom is 0.237 e. The van der Waals surface area contributed by atoms with E-state index in [1.54, 1.807) is 0 Å². The summed E-state index contributed by atoms with van der Waals surface area (Å²) in [6.07, 6.45) is 0.827. The zero-order valence-corrected chi connectivity index (χ0v) is 19.0. The van der Waals surface area contributed by atoms with Gasteiger partial charge in [-0.2, -0.15) is 0 Å². The molecule has 0 bridgehead atoms. The van der Waals surface area contributed by atoms with Crippen LogP contribution in [0.5, 0.6) is 0 Å². The standard InChI is InChI=1S/C28H33N3O/c1-21(2)30-28(32)27-17-26(20-31(27)19-23-9-5-3-6-10-23)29-18-22-13-15-25(16-14-22)24-11-7-4-8-12-24/h3-16,21,26-27,29H,17-20H2,1-2H3,(H,30,32)/t26-,27+/m1/s1. The fraction of sp³-hybridized carbons (Fsp3) is 0.321. The minimum absolute atomic E-state index is 0.101. The van der Waals surface area contributed by atoms with E-state index in [9.17, 15) is 4.79 Å². The molecule has 4 heteroatoms. The van der Waals surface area contributed by atoms with Crippen molar-refractivity contribution >= 4 is 5.91 Å². The van der Waals surface area contributed by atoms with E-state index in [0.29, 0.717) is 0 Å². The zero-order valence-electron chi connectivity index (χ0n) is 19.0. The van der Waals surface area contributed by atoms with Gasteiger partial charge in [-0.25, -0.2) is 0 Å². The number of amides is 1. The van der Waals surface area contributed by atoms with Gasteiger partial charge in [0.05, 0.1) is 6.04 Å². The van der Waals surface area contributed by atoms with Gasteiger partial charge in [-0.3, -0.25) is 9.69 Å². The highest BCUT2D eigenvalue weighted by atomic mass is 16.2. The third-order valence-electron chi connectivity index (χ3n) is 6.02. The van der Waals surface area contributed by atoms with Crippen LogP contribution in [-0.2, 0) is 17.9 Å². The predicted octanol–water partition coefficient (Wildman–Crippen LogP) is 4.61. The lowest BCUT2D eigenvalue weighted by atomic mass is 10.0. The monoisotopic (exact) mass is 427 g/mol. The Labute approximate surface area is 191 Å². The second kappa shape index (κ2) is 10.6. The van der Waals surface area contributed by atoms with Crippen LogP contribution in [0.15, 0.2) is 84.9 Å². The lowest BCUT2D eigenvalue weighted by Crippen LogP contribution is -2.45. The van der Waals surface area contributed by atoms with Gasteiger partial charge in [-0.15, -0.1) is 0 Å². The third kappa shape index (κ3) is 5.84. The first-order chi connectivity index (χ1) is 15.6. The van der Waals surface area contributed by atoms with Crippen molar-refractivity contribution in [2.75, 3.05) is 6.54 Å². The molecule has 166 valence electrons. The summed E-state index contributed by atoms with van der Waals surface area (Å²) in [4.78, 5) is 15.2. The van der Waals surface area contributed by atoms with Crippen molar-refractivity contribution in [3.8, 4) is 11.1 Å². The first-order valence-corrected chi connectivity index (χ1v) is 11.5. The zero-order chi connectivity index (χ0) is 22.3. The van der Waals surface area contributed by atoms with Gasteiger partial charge in [-0.1, -0.05) is 84.9 Å². The fourth-order valence-electron chi connectivity index (χ4n) is 4.41. The Bertz CT molecular complexity index is 986. The molecule has 0 saturated carbocycles. The number of hydrogen-bond acceptors (Lipinski definition) is 3. The summed E-state index contributed by atoms with van der Waals surface area (Å²) in [6.45, 7) is 6.50. The van der Waals surface area contributed by atoms with Crippen LogP contribution in [-0.4, -0.2) is 35.5 Å². The number of nitrogens with zero attached hydrogens (tertiary/aromatic N) is 1. The molecule has 1 heterocycles. The summed E-state index contributed by atoms with van der Waals surface area (Å²) in [7, 11) is 0. The van der Waals surface area contributed by atoms with E-state index in [2.05, 4.69) is 88.3 Å².